The van der Waals surface area contributed by atoms with Gasteiger partial charge in [0.1, 0.15) is 6.10 Å². The number of rotatable bonds is 2. The van der Waals surface area contributed by atoms with Gasteiger partial charge in [0.15, 0.2) is 0 Å². The Labute approximate surface area is 157 Å². The molecular weight excluding hydrogens is 328 g/mol. The van der Waals surface area contributed by atoms with Crippen molar-refractivity contribution >= 4 is 11.9 Å². The number of hydrogen-bond donors (Lipinski definition) is 1. The number of carbonyl (C=O) groups is 2. The first-order chi connectivity index (χ1) is 12.3. The second kappa shape index (κ2) is 6.24. The molecule has 0 bridgehead atoms. The van der Waals surface area contributed by atoms with Gasteiger partial charge in [0, 0.05) is 6.92 Å². The molecular formula is C22H34O4. The molecule has 4 fully saturated rings. The predicted molar refractivity (Wildman–Crippen MR) is 98.4 cm³/mol. The third kappa shape index (κ3) is 2.62. The van der Waals surface area contributed by atoms with Crippen molar-refractivity contribution in [2.45, 2.75) is 84.7 Å². The van der Waals surface area contributed by atoms with Gasteiger partial charge in [-0.25, -0.2) is 0 Å². The van der Waals surface area contributed by atoms with E-state index in [1.165, 1.54) is 26.2 Å². The topological polar surface area (TPSA) is 63.6 Å². The summed E-state index contributed by atoms with van der Waals surface area (Å²) in [4.78, 5) is 23.2. The zero-order valence-corrected chi connectivity index (χ0v) is 16.5. The van der Waals surface area contributed by atoms with Crippen LogP contribution in [0.2, 0.25) is 0 Å². The molecule has 26 heavy (non-hydrogen) atoms. The van der Waals surface area contributed by atoms with E-state index in [0.29, 0.717) is 23.2 Å². The first-order valence-electron chi connectivity index (χ1n) is 10.7. The third-order valence-electron chi connectivity index (χ3n) is 9.25. The van der Waals surface area contributed by atoms with Crippen molar-refractivity contribution in [3.63, 3.8) is 0 Å². The standard InChI is InChI=1S/C22H34O4/c1-13(23)26-15-8-10-21(2)14(12-15)4-5-16-17-6-7-19(20(24)25)22(17,3)11-9-18(16)21/h14-19H,4-12H2,1-3H3,(H,24,25)/t14-,15-,16-,17-,18+,19-,21-,22-/m0/s1. The Morgan fingerprint density at radius 2 is 1.62 bits per heavy atom. The van der Waals surface area contributed by atoms with Crippen molar-refractivity contribution in [2.24, 2.45) is 40.4 Å². The number of carbonyl (C=O) groups excluding carboxylic acids is 1. The van der Waals surface area contributed by atoms with Gasteiger partial charge >= 0.3 is 11.9 Å². The van der Waals surface area contributed by atoms with Crippen LogP contribution in [0.4, 0.5) is 0 Å². The Balaban J connectivity index is 1.54. The summed E-state index contributed by atoms with van der Waals surface area (Å²) in [7, 11) is 0. The molecule has 4 nitrogen and oxygen atoms in total. The first-order valence-corrected chi connectivity index (χ1v) is 10.7. The van der Waals surface area contributed by atoms with Crippen molar-refractivity contribution in [1.29, 1.82) is 0 Å². The average molecular weight is 363 g/mol. The molecule has 0 aromatic carbocycles. The summed E-state index contributed by atoms with van der Waals surface area (Å²) < 4.78 is 5.54. The summed E-state index contributed by atoms with van der Waals surface area (Å²) in [6.07, 6.45) is 9.98. The quantitative estimate of drug-likeness (QED) is 0.726. The van der Waals surface area contributed by atoms with Crippen molar-refractivity contribution in [2.75, 3.05) is 0 Å². The second-order valence-electron chi connectivity index (χ2n) is 10.2. The lowest BCUT2D eigenvalue weighted by molar-refractivity contribution is -0.163. The molecule has 8 atom stereocenters. The zero-order valence-electron chi connectivity index (χ0n) is 16.5. The highest BCUT2D eigenvalue weighted by molar-refractivity contribution is 5.71. The molecule has 0 spiro atoms. The van der Waals surface area contributed by atoms with Gasteiger partial charge in [-0.1, -0.05) is 13.8 Å². The number of hydrogen-bond acceptors (Lipinski definition) is 3. The summed E-state index contributed by atoms with van der Waals surface area (Å²) in [5, 5.41) is 9.71. The van der Waals surface area contributed by atoms with Crippen LogP contribution >= 0.6 is 0 Å². The number of aliphatic carboxylic acids is 1. The van der Waals surface area contributed by atoms with Crippen molar-refractivity contribution in [3.05, 3.63) is 0 Å². The minimum atomic E-state index is -0.574. The van der Waals surface area contributed by atoms with Gasteiger partial charge < -0.3 is 9.84 Å². The summed E-state index contributed by atoms with van der Waals surface area (Å²) >= 11 is 0. The lowest BCUT2D eigenvalue weighted by Gasteiger charge is -2.60. The molecule has 0 saturated heterocycles. The fraction of sp³-hybridized carbons (Fsp3) is 0.909. The van der Waals surface area contributed by atoms with Gasteiger partial charge in [-0.3, -0.25) is 9.59 Å². The highest BCUT2D eigenvalue weighted by Crippen LogP contribution is 2.67. The Hall–Kier alpha value is -1.06. The van der Waals surface area contributed by atoms with E-state index in [0.717, 1.165) is 44.4 Å². The van der Waals surface area contributed by atoms with Gasteiger partial charge in [-0.05, 0) is 92.3 Å². The van der Waals surface area contributed by atoms with Crippen LogP contribution in [0.1, 0.15) is 78.6 Å². The van der Waals surface area contributed by atoms with Crippen LogP contribution < -0.4 is 0 Å². The Morgan fingerprint density at radius 1 is 0.923 bits per heavy atom. The van der Waals surface area contributed by atoms with Gasteiger partial charge in [-0.15, -0.1) is 0 Å². The maximum atomic E-state index is 11.8. The minimum Gasteiger partial charge on any atom is -0.481 e. The van der Waals surface area contributed by atoms with E-state index in [1.54, 1.807) is 0 Å². The van der Waals surface area contributed by atoms with Gasteiger partial charge in [0.25, 0.3) is 0 Å². The van der Waals surface area contributed by atoms with Crippen LogP contribution in [0.25, 0.3) is 0 Å². The Morgan fingerprint density at radius 3 is 2.31 bits per heavy atom. The van der Waals surface area contributed by atoms with Crippen LogP contribution in [0.15, 0.2) is 0 Å². The van der Waals surface area contributed by atoms with E-state index in [1.807, 2.05) is 0 Å². The Kier molecular flexibility index (Phi) is 4.39. The minimum absolute atomic E-state index is 0.00510. The predicted octanol–water partition coefficient (Wildman–Crippen LogP) is 4.66. The van der Waals surface area contributed by atoms with Crippen molar-refractivity contribution < 1.29 is 19.4 Å². The van der Waals surface area contributed by atoms with Crippen LogP contribution in [0.5, 0.6) is 0 Å². The summed E-state index contributed by atoms with van der Waals surface area (Å²) in [6.45, 7) is 6.28. The van der Waals surface area contributed by atoms with Gasteiger partial charge in [-0.2, -0.15) is 0 Å². The fourth-order valence-electron chi connectivity index (χ4n) is 7.97. The SMILES string of the molecule is CC(=O)O[C@H]1CC[C@@]2(C)[C@@H](CC[C@@H]3[C@H]2CC[C@]2(C)[C@H](C(=O)O)CC[C@@H]32)C1. The maximum absolute atomic E-state index is 11.8. The van der Waals surface area contributed by atoms with Crippen LogP contribution in [-0.4, -0.2) is 23.1 Å². The molecule has 0 aliphatic heterocycles. The number of esters is 1. The number of ether oxygens (including phenoxy) is 1. The van der Waals surface area contributed by atoms with Crippen LogP contribution in [0, 0.1) is 40.4 Å². The first kappa shape index (κ1) is 18.3. The number of fused-ring (bicyclic) bond motifs is 5. The second-order valence-corrected chi connectivity index (χ2v) is 10.2. The molecule has 4 rings (SSSR count). The number of carboxylic acid groups (broad SMARTS) is 1. The van der Waals surface area contributed by atoms with Gasteiger partial charge in [0.2, 0.25) is 0 Å². The molecule has 4 aliphatic rings. The average Bonchev–Trinajstić information content (AvgIpc) is 2.92. The monoisotopic (exact) mass is 362 g/mol. The molecule has 4 saturated carbocycles. The smallest absolute Gasteiger partial charge is 0.307 e. The summed E-state index contributed by atoms with van der Waals surface area (Å²) in [5.41, 5.74) is 0.355. The van der Waals surface area contributed by atoms with Crippen LogP contribution in [-0.2, 0) is 14.3 Å². The Bertz CT molecular complexity index is 601. The van der Waals surface area contributed by atoms with Crippen molar-refractivity contribution in [1.82, 2.24) is 0 Å². The highest BCUT2D eigenvalue weighted by atomic mass is 16.5. The maximum Gasteiger partial charge on any atom is 0.307 e. The van der Waals surface area contributed by atoms with Gasteiger partial charge in [0.05, 0.1) is 5.92 Å². The third-order valence-corrected chi connectivity index (χ3v) is 9.25. The fourth-order valence-corrected chi connectivity index (χ4v) is 7.97. The van der Waals surface area contributed by atoms with Crippen molar-refractivity contribution in [3.8, 4) is 0 Å². The van der Waals surface area contributed by atoms with E-state index in [9.17, 15) is 14.7 Å². The molecule has 0 unspecified atom stereocenters. The molecule has 0 heterocycles. The van der Waals surface area contributed by atoms with E-state index >= 15 is 0 Å². The largest absolute Gasteiger partial charge is 0.481 e. The zero-order chi connectivity index (χ0) is 18.7. The van der Waals surface area contributed by atoms with E-state index in [2.05, 4.69) is 13.8 Å². The summed E-state index contributed by atoms with van der Waals surface area (Å²) in [6, 6.07) is 0. The molecule has 1 N–H and O–H groups in total. The molecule has 0 radical (unpaired) electrons. The molecule has 0 aromatic heterocycles. The molecule has 146 valence electrons. The molecule has 4 heteroatoms. The number of carboxylic acids is 1. The molecule has 0 aromatic rings. The van der Waals surface area contributed by atoms with E-state index in [4.69, 9.17) is 4.74 Å². The molecule has 4 aliphatic carbocycles. The lowest BCUT2D eigenvalue weighted by Crippen LogP contribution is -2.54. The summed E-state index contributed by atoms with van der Waals surface area (Å²) in [5.74, 6) is 1.81. The van der Waals surface area contributed by atoms with Crippen LogP contribution in [0.3, 0.4) is 0 Å². The normalized spacial score (nSPS) is 50.3. The van der Waals surface area contributed by atoms with E-state index < -0.39 is 5.97 Å². The lowest BCUT2D eigenvalue weighted by atomic mass is 9.44. The molecule has 0 amide bonds. The highest BCUT2D eigenvalue weighted by Gasteiger charge is 2.61. The van der Waals surface area contributed by atoms with E-state index in [-0.39, 0.29) is 23.4 Å².